The van der Waals surface area contributed by atoms with E-state index >= 15 is 0 Å². The van der Waals surface area contributed by atoms with Crippen LogP contribution in [0.1, 0.15) is 10.4 Å². The van der Waals surface area contributed by atoms with Gasteiger partial charge in [0, 0.05) is 28.9 Å². The first-order valence-corrected chi connectivity index (χ1v) is 5.66. The molecule has 0 aliphatic rings. The lowest BCUT2D eigenvalue weighted by molar-refractivity contribution is 0.102. The van der Waals surface area contributed by atoms with E-state index < -0.39 is 5.91 Å². The molecule has 5 nitrogen and oxygen atoms in total. The van der Waals surface area contributed by atoms with Crippen LogP contribution in [0.2, 0.25) is 5.02 Å². The number of phenolic OH excluding ortho intramolecular Hbond substituents is 3. The molecule has 6 heteroatoms. The molecular weight excluding hydrogens is 270 g/mol. The molecule has 0 aromatic heterocycles. The zero-order chi connectivity index (χ0) is 14.0. The summed E-state index contributed by atoms with van der Waals surface area (Å²) in [5.74, 6) is -1.20. The molecule has 2 rings (SSSR count). The zero-order valence-corrected chi connectivity index (χ0v) is 10.3. The first-order chi connectivity index (χ1) is 8.95. The number of anilines is 1. The molecule has 0 saturated heterocycles. The van der Waals surface area contributed by atoms with Crippen LogP contribution in [0.15, 0.2) is 36.4 Å². The molecule has 0 saturated carbocycles. The molecule has 0 unspecified atom stereocenters. The van der Waals surface area contributed by atoms with Gasteiger partial charge in [-0.15, -0.1) is 0 Å². The average molecular weight is 280 g/mol. The van der Waals surface area contributed by atoms with Gasteiger partial charge in [0.2, 0.25) is 0 Å². The monoisotopic (exact) mass is 279 g/mol. The summed E-state index contributed by atoms with van der Waals surface area (Å²) in [7, 11) is 0. The van der Waals surface area contributed by atoms with E-state index in [1.165, 1.54) is 30.3 Å². The van der Waals surface area contributed by atoms with Crippen LogP contribution in [0, 0.1) is 0 Å². The SMILES string of the molecule is O=C(Nc1cc(O)cc(O)c1)c1cc(Cl)ccc1O. The van der Waals surface area contributed by atoms with Gasteiger partial charge in [0.1, 0.15) is 17.2 Å². The minimum atomic E-state index is -0.606. The normalized spacial score (nSPS) is 10.2. The Morgan fingerprint density at radius 3 is 2.26 bits per heavy atom. The van der Waals surface area contributed by atoms with Crippen LogP contribution in [-0.2, 0) is 0 Å². The highest BCUT2D eigenvalue weighted by atomic mass is 35.5. The molecule has 0 aliphatic heterocycles. The first-order valence-electron chi connectivity index (χ1n) is 5.28. The summed E-state index contributed by atoms with van der Waals surface area (Å²) < 4.78 is 0. The number of carbonyl (C=O) groups is 1. The van der Waals surface area contributed by atoms with Crippen molar-refractivity contribution >= 4 is 23.2 Å². The van der Waals surface area contributed by atoms with Crippen molar-refractivity contribution < 1.29 is 20.1 Å². The first kappa shape index (κ1) is 13.0. The van der Waals surface area contributed by atoms with Gasteiger partial charge in [-0.2, -0.15) is 0 Å². The fourth-order valence-corrected chi connectivity index (χ4v) is 1.73. The Kier molecular flexibility index (Phi) is 3.48. The van der Waals surface area contributed by atoms with Gasteiger partial charge in [-0.05, 0) is 18.2 Å². The maximum absolute atomic E-state index is 11.9. The van der Waals surface area contributed by atoms with E-state index in [-0.39, 0.29) is 28.5 Å². The zero-order valence-electron chi connectivity index (χ0n) is 9.59. The molecule has 0 bridgehead atoms. The van der Waals surface area contributed by atoms with Crippen LogP contribution in [0.4, 0.5) is 5.69 Å². The van der Waals surface area contributed by atoms with Crippen LogP contribution >= 0.6 is 11.6 Å². The minimum absolute atomic E-state index is 0.00432. The van der Waals surface area contributed by atoms with E-state index in [1.807, 2.05) is 0 Å². The Balaban J connectivity index is 2.28. The van der Waals surface area contributed by atoms with Crippen LogP contribution < -0.4 is 5.32 Å². The summed E-state index contributed by atoms with van der Waals surface area (Å²) in [5.41, 5.74) is 0.192. The molecule has 98 valence electrons. The topological polar surface area (TPSA) is 89.8 Å². The van der Waals surface area contributed by atoms with E-state index in [4.69, 9.17) is 11.6 Å². The van der Waals surface area contributed by atoms with Gasteiger partial charge in [0.25, 0.3) is 5.91 Å². The number of phenols is 3. The largest absolute Gasteiger partial charge is 0.508 e. The highest BCUT2D eigenvalue weighted by Crippen LogP contribution is 2.26. The third-order valence-corrected chi connectivity index (χ3v) is 2.60. The number of aromatic hydroxyl groups is 3. The number of amides is 1. The van der Waals surface area contributed by atoms with E-state index in [0.717, 1.165) is 6.07 Å². The molecule has 19 heavy (non-hydrogen) atoms. The van der Waals surface area contributed by atoms with Crippen molar-refractivity contribution in [2.24, 2.45) is 0 Å². The van der Waals surface area contributed by atoms with Gasteiger partial charge < -0.3 is 20.6 Å². The Bertz CT molecular complexity index is 622. The standard InChI is InChI=1S/C13H10ClNO4/c14-7-1-2-12(18)11(3-7)13(19)15-8-4-9(16)6-10(17)5-8/h1-6,16-18H,(H,15,19). The fraction of sp³-hybridized carbons (Fsp3) is 0. The lowest BCUT2D eigenvalue weighted by atomic mass is 10.2. The number of nitrogens with one attached hydrogen (secondary N) is 1. The third kappa shape index (κ3) is 3.08. The van der Waals surface area contributed by atoms with Crippen molar-refractivity contribution in [3.63, 3.8) is 0 Å². The molecule has 2 aromatic rings. The van der Waals surface area contributed by atoms with Gasteiger partial charge in [-0.25, -0.2) is 0 Å². The highest BCUT2D eigenvalue weighted by molar-refractivity contribution is 6.31. The molecule has 0 spiro atoms. The molecule has 0 fully saturated rings. The van der Waals surface area contributed by atoms with Crippen LogP contribution in [-0.4, -0.2) is 21.2 Å². The van der Waals surface area contributed by atoms with E-state index in [0.29, 0.717) is 5.02 Å². The van der Waals surface area contributed by atoms with Crippen LogP contribution in [0.5, 0.6) is 17.2 Å². The number of rotatable bonds is 2. The number of carbonyl (C=O) groups excluding carboxylic acids is 1. The number of halogens is 1. The summed E-state index contributed by atoms with van der Waals surface area (Å²) in [5, 5.41) is 30.9. The van der Waals surface area contributed by atoms with Gasteiger partial charge in [0.15, 0.2) is 0 Å². The van der Waals surface area contributed by atoms with E-state index in [1.54, 1.807) is 0 Å². The van der Waals surface area contributed by atoms with Crippen LogP contribution in [0.25, 0.3) is 0 Å². The molecule has 0 atom stereocenters. The second-order valence-electron chi connectivity index (χ2n) is 3.85. The van der Waals surface area contributed by atoms with Crippen molar-refractivity contribution in [3.05, 3.63) is 47.0 Å². The predicted octanol–water partition coefficient (Wildman–Crippen LogP) is 2.71. The van der Waals surface area contributed by atoms with Crippen LogP contribution in [0.3, 0.4) is 0 Å². The Labute approximate surface area is 113 Å². The summed E-state index contributed by atoms with van der Waals surface area (Å²) in [4.78, 5) is 11.9. The van der Waals surface area contributed by atoms with Crippen molar-refractivity contribution in [2.45, 2.75) is 0 Å². The van der Waals surface area contributed by atoms with Gasteiger partial charge in [-0.1, -0.05) is 11.6 Å². The molecule has 0 aliphatic carbocycles. The van der Waals surface area contributed by atoms with Crippen molar-refractivity contribution in [3.8, 4) is 17.2 Å². The molecule has 2 aromatic carbocycles. The van der Waals surface area contributed by atoms with E-state index in [9.17, 15) is 20.1 Å². The minimum Gasteiger partial charge on any atom is -0.508 e. The molecule has 0 radical (unpaired) electrons. The number of hydrogen-bond acceptors (Lipinski definition) is 4. The van der Waals surface area contributed by atoms with Crippen molar-refractivity contribution in [2.75, 3.05) is 5.32 Å². The Morgan fingerprint density at radius 1 is 1.00 bits per heavy atom. The summed E-state index contributed by atoms with van der Waals surface area (Å²) in [6.07, 6.45) is 0. The lowest BCUT2D eigenvalue weighted by Crippen LogP contribution is -2.12. The maximum Gasteiger partial charge on any atom is 0.259 e. The van der Waals surface area contributed by atoms with Crippen molar-refractivity contribution in [1.29, 1.82) is 0 Å². The van der Waals surface area contributed by atoms with Crippen molar-refractivity contribution in [1.82, 2.24) is 0 Å². The lowest BCUT2D eigenvalue weighted by Gasteiger charge is -2.08. The smallest absolute Gasteiger partial charge is 0.259 e. The highest BCUT2D eigenvalue weighted by Gasteiger charge is 2.12. The molecule has 1 amide bonds. The van der Waals surface area contributed by atoms with E-state index in [2.05, 4.69) is 5.32 Å². The number of benzene rings is 2. The molecule has 4 N–H and O–H groups in total. The number of hydrogen-bond donors (Lipinski definition) is 4. The van der Waals surface area contributed by atoms with Gasteiger partial charge in [-0.3, -0.25) is 4.79 Å². The molecule has 0 heterocycles. The predicted molar refractivity (Wildman–Crippen MR) is 70.8 cm³/mol. The second-order valence-corrected chi connectivity index (χ2v) is 4.29. The maximum atomic E-state index is 11.9. The molecular formula is C13H10ClNO4. The van der Waals surface area contributed by atoms with Gasteiger partial charge >= 0.3 is 0 Å². The summed E-state index contributed by atoms with van der Waals surface area (Å²) in [6, 6.07) is 7.73. The third-order valence-electron chi connectivity index (χ3n) is 2.36. The van der Waals surface area contributed by atoms with Gasteiger partial charge in [0.05, 0.1) is 5.56 Å². The fourth-order valence-electron chi connectivity index (χ4n) is 1.56. The Hall–Kier alpha value is -2.40. The quantitative estimate of drug-likeness (QED) is 0.680. The average Bonchev–Trinajstić information content (AvgIpc) is 2.30. The summed E-state index contributed by atoms with van der Waals surface area (Å²) >= 11 is 5.74. The Morgan fingerprint density at radius 2 is 1.63 bits per heavy atom. The summed E-state index contributed by atoms with van der Waals surface area (Å²) in [6.45, 7) is 0. The second kappa shape index (κ2) is 5.07.